The number of aryl methyl sites for hydroxylation is 1. The molecular formula is C22H21F3O4S. The number of carboxylic acids is 1. The first-order valence-corrected chi connectivity index (χ1v) is 9.92. The van der Waals surface area contributed by atoms with Gasteiger partial charge in [-0.05, 0) is 68.0 Å². The summed E-state index contributed by atoms with van der Waals surface area (Å²) in [6.45, 7) is 5.55. The van der Waals surface area contributed by atoms with E-state index < -0.39 is 24.3 Å². The Hall–Kier alpha value is -2.79. The molecule has 2 rings (SSSR count). The van der Waals surface area contributed by atoms with Gasteiger partial charge in [0.15, 0.2) is 12.4 Å². The summed E-state index contributed by atoms with van der Waals surface area (Å²) in [5.74, 6) is 0.301. The van der Waals surface area contributed by atoms with Gasteiger partial charge in [0.25, 0.3) is 0 Å². The van der Waals surface area contributed by atoms with E-state index in [1.165, 1.54) is 6.08 Å². The molecule has 1 N–H and O–H groups in total. The lowest BCUT2D eigenvalue weighted by atomic mass is 10.2. The van der Waals surface area contributed by atoms with Crippen molar-refractivity contribution in [2.45, 2.75) is 31.8 Å². The van der Waals surface area contributed by atoms with Crippen molar-refractivity contribution in [3.05, 3.63) is 69.9 Å². The van der Waals surface area contributed by atoms with E-state index in [0.717, 1.165) is 27.7 Å². The summed E-state index contributed by atoms with van der Waals surface area (Å²) in [7, 11) is 0. The second-order valence-corrected chi connectivity index (χ2v) is 7.70. The van der Waals surface area contributed by atoms with E-state index in [1.807, 2.05) is 32.9 Å². The zero-order valence-corrected chi connectivity index (χ0v) is 17.5. The molecule has 1 aliphatic rings. The van der Waals surface area contributed by atoms with Crippen LogP contribution in [0.3, 0.4) is 0 Å². The first-order chi connectivity index (χ1) is 14.1. The predicted octanol–water partition coefficient (Wildman–Crippen LogP) is 5.60. The molecule has 30 heavy (non-hydrogen) atoms. The van der Waals surface area contributed by atoms with Gasteiger partial charge >= 0.3 is 12.1 Å². The van der Waals surface area contributed by atoms with Gasteiger partial charge in [-0.3, -0.25) is 0 Å². The second kappa shape index (κ2) is 10.3. The molecule has 0 fully saturated rings. The van der Waals surface area contributed by atoms with Crippen molar-refractivity contribution in [3.63, 3.8) is 0 Å². The standard InChI is InChI=1S/C22H21F3O4S/c1-14(2)16(11-28-18-6-4-17(5-7-18)22(23,24)25)13-30-19-8-9-20(15(3)10-19)29-12-21(26)27/h4,6,8-10H,11-13H2,1-3H3,(H,26,27). The van der Waals surface area contributed by atoms with Crippen LogP contribution in [0.2, 0.25) is 0 Å². The molecule has 160 valence electrons. The number of thioether (sulfide) groups is 1. The summed E-state index contributed by atoms with van der Waals surface area (Å²) in [5, 5.41) is 8.70. The fraction of sp³-hybridized carbons (Fsp3) is 0.318. The van der Waals surface area contributed by atoms with Crippen LogP contribution in [0, 0.1) is 6.92 Å². The maximum Gasteiger partial charge on any atom is 0.424 e. The lowest BCUT2D eigenvalue weighted by Gasteiger charge is -2.13. The molecule has 0 unspecified atom stereocenters. The van der Waals surface area contributed by atoms with Gasteiger partial charge in [0.2, 0.25) is 0 Å². The average molecular weight is 438 g/mol. The topological polar surface area (TPSA) is 55.8 Å². The van der Waals surface area contributed by atoms with Gasteiger partial charge in [0, 0.05) is 10.6 Å². The maximum atomic E-state index is 12.6. The highest BCUT2D eigenvalue weighted by Crippen LogP contribution is 2.29. The summed E-state index contributed by atoms with van der Waals surface area (Å²) in [6, 6.07) is 5.48. The molecule has 0 atom stereocenters. The van der Waals surface area contributed by atoms with Crippen LogP contribution in [0.4, 0.5) is 13.2 Å². The van der Waals surface area contributed by atoms with Crippen molar-refractivity contribution < 1.29 is 32.5 Å². The largest absolute Gasteiger partial charge is 0.482 e. The Morgan fingerprint density at radius 3 is 2.40 bits per heavy atom. The van der Waals surface area contributed by atoms with E-state index in [1.54, 1.807) is 17.8 Å². The highest BCUT2D eigenvalue weighted by Gasteiger charge is 2.32. The number of benzene rings is 1. The number of ether oxygens (including phenoxy) is 2. The molecule has 0 aliphatic heterocycles. The third-order valence-corrected chi connectivity index (χ3v) is 5.13. The van der Waals surface area contributed by atoms with Crippen molar-refractivity contribution in [1.82, 2.24) is 0 Å². The Balaban J connectivity index is 1.98. The Kier molecular flexibility index (Phi) is 8.07. The molecule has 8 heteroatoms. The SMILES string of the molecule is CC(C)=C(COC1=C=C=C(C(F)(F)F)C=C1)CSc1ccc(OCC(=O)O)c(C)c1. The number of hydrogen-bond acceptors (Lipinski definition) is 4. The molecule has 0 saturated carbocycles. The van der Waals surface area contributed by atoms with Crippen LogP contribution in [0.5, 0.6) is 5.75 Å². The minimum atomic E-state index is -4.46. The quantitative estimate of drug-likeness (QED) is 0.309. The monoisotopic (exact) mass is 438 g/mol. The highest BCUT2D eigenvalue weighted by atomic mass is 32.2. The molecule has 4 nitrogen and oxygen atoms in total. The minimum absolute atomic E-state index is 0.197. The molecule has 0 saturated heterocycles. The third kappa shape index (κ3) is 7.23. The Morgan fingerprint density at radius 2 is 1.87 bits per heavy atom. The van der Waals surface area contributed by atoms with E-state index in [-0.39, 0.29) is 12.4 Å². The highest BCUT2D eigenvalue weighted by molar-refractivity contribution is 7.99. The number of allylic oxidation sites excluding steroid dienone is 4. The molecule has 1 aromatic carbocycles. The van der Waals surface area contributed by atoms with Gasteiger partial charge in [-0.15, -0.1) is 11.8 Å². The number of carbonyl (C=O) groups is 1. The van der Waals surface area contributed by atoms with Gasteiger partial charge in [0.1, 0.15) is 17.9 Å². The maximum absolute atomic E-state index is 12.6. The van der Waals surface area contributed by atoms with Crippen LogP contribution in [-0.2, 0) is 9.53 Å². The van der Waals surface area contributed by atoms with Crippen molar-refractivity contribution in [1.29, 1.82) is 0 Å². The van der Waals surface area contributed by atoms with Crippen molar-refractivity contribution >= 4 is 17.7 Å². The fourth-order valence-electron chi connectivity index (χ4n) is 2.30. The van der Waals surface area contributed by atoms with Crippen LogP contribution >= 0.6 is 11.8 Å². The van der Waals surface area contributed by atoms with E-state index in [9.17, 15) is 18.0 Å². The second-order valence-electron chi connectivity index (χ2n) is 6.65. The van der Waals surface area contributed by atoms with E-state index in [4.69, 9.17) is 14.6 Å². The van der Waals surface area contributed by atoms with Gasteiger partial charge < -0.3 is 14.6 Å². The number of halogens is 3. The summed E-state index contributed by atoms with van der Waals surface area (Å²) in [6.07, 6.45) is -2.31. The molecule has 1 aliphatic carbocycles. The normalized spacial score (nSPS) is 12.9. The van der Waals surface area contributed by atoms with Crippen molar-refractivity contribution in [2.24, 2.45) is 0 Å². The summed E-state index contributed by atoms with van der Waals surface area (Å²) < 4.78 is 48.6. The number of aliphatic carboxylic acids is 1. The molecule has 0 heterocycles. The molecule has 0 bridgehead atoms. The number of hydrogen-bond donors (Lipinski definition) is 1. The van der Waals surface area contributed by atoms with Crippen LogP contribution in [0.15, 0.2) is 69.2 Å². The first kappa shape index (κ1) is 23.5. The Bertz CT molecular complexity index is 973. The first-order valence-electron chi connectivity index (χ1n) is 8.93. The smallest absolute Gasteiger partial charge is 0.424 e. The van der Waals surface area contributed by atoms with Crippen molar-refractivity contribution in [3.8, 4) is 5.75 Å². The zero-order chi connectivity index (χ0) is 22.3. The molecule has 0 radical (unpaired) electrons. The Labute approximate surface area is 177 Å². The number of alkyl halides is 3. The summed E-state index contributed by atoms with van der Waals surface area (Å²) in [4.78, 5) is 11.6. The van der Waals surface area contributed by atoms with Gasteiger partial charge in [-0.2, -0.15) is 13.2 Å². The van der Waals surface area contributed by atoms with Gasteiger partial charge in [0.05, 0.1) is 0 Å². The van der Waals surface area contributed by atoms with Gasteiger partial charge in [-0.1, -0.05) is 11.3 Å². The van der Waals surface area contributed by atoms with Crippen LogP contribution in [0.1, 0.15) is 19.4 Å². The third-order valence-electron chi connectivity index (χ3n) is 4.05. The van der Waals surface area contributed by atoms with Gasteiger partial charge in [-0.25, -0.2) is 4.79 Å². The average Bonchev–Trinajstić information content (AvgIpc) is 2.66. The van der Waals surface area contributed by atoms with Crippen LogP contribution < -0.4 is 4.74 Å². The lowest BCUT2D eigenvalue weighted by molar-refractivity contribution is -0.139. The Morgan fingerprint density at radius 1 is 1.13 bits per heavy atom. The van der Waals surface area contributed by atoms with E-state index >= 15 is 0 Å². The van der Waals surface area contributed by atoms with Crippen LogP contribution in [0.25, 0.3) is 0 Å². The number of carboxylic acid groups (broad SMARTS) is 1. The molecule has 0 spiro atoms. The van der Waals surface area contributed by atoms with Crippen molar-refractivity contribution in [2.75, 3.05) is 19.0 Å². The summed E-state index contributed by atoms with van der Waals surface area (Å²) in [5.41, 5.74) is 6.45. The molecular weight excluding hydrogens is 417 g/mol. The molecule has 0 aromatic heterocycles. The number of rotatable bonds is 9. The summed E-state index contributed by atoms with van der Waals surface area (Å²) >= 11 is 1.57. The molecule has 0 amide bonds. The zero-order valence-electron chi connectivity index (χ0n) is 16.7. The van der Waals surface area contributed by atoms with E-state index in [0.29, 0.717) is 11.5 Å². The minimum Gasteiger partial charge on any atom is -0.482 e. The molecule has 1 aromatic rings. The predicted molar refractivity (Wildman–Crippen MR) is 109 cm³/mol. The lowest BCUT2D eigenvalue weighted by Crippen LogP contribution is -2.10. The van der Waals surface area contributed by atoms with Crippen LogP contribution in [-0.4, -0.2) is 36.2 Å². The van der Waals surface area contributed by atoms with E-state index in [2.05, 4.69) is 11.5 Å². The fourth-order valence-corrected chi connectivity index (χ4v) is 3.44.